The number of hydrogen-bond donors (Lipinski definition) is 3. The normalized spacial score (nSPS) is 17.7. The van der Waals surface area contributed by atoms with E-state index in [9.17, 15) is 27.6 Å². The summed E-state index contributed by atoms with van der Waals surface area (Å²) in [7, 11) is 0. The maximum Gasteiger partial charge on any atom is 0.407 e. The van der Waals surface area contributed by atoms with Gasteiger partial charge in [0.1, 0.15) is 29.0 Å². The Balaban J connectivity index is 1.50. The van der Waals surface area contributed by atoms with Crippen LogP contribution in [0.3, 0.4) is 0 Å². The van der Waals surface area contributed by atoms with Gasteiger partial charge in [0.05, 0.1) is 34.5 Å². The van der Waals surface area contributed by atoms with Crippen LogP contribution < -0.4 is 21.3 Å². The molecule has 0 spiro atoms. The molecular weight excluding hydrogens is 605 g/mol. The van der Waals surface area contributed by atoms with E-state index in [1.54, 1.807) is 20.8 Å². The average Bonchev–Trinajstić information content (AvgIpc) is 3.34. The smallest absolute Gasteiger partial charge is 0.407 e. The van der Waals surface area contributed by atoms with Gasteiger partial charge < -0.3 is 30.7 Å². The summed E-state index contributed by atoms with van der Waals surface area (Å²) in [5.41, 5.74) is 5.19. The number of nitrogens with one attached hydrogen (secondary N) is 2. The van der Waals surface area contributed by atoms with Crippen LogP contribution in [0.15, 0.2) is 30.5 Å². The summed E-state index contributed by atoms with van der Waals surface area (Å²) < 4.78 is 54.8. The molecule has 2 amide bonds. The van der Waals surface area contributed by atoms with Gasteiger partial charge in [-0.3, -0.25) is 14.6 Å². The van der Waals surface area contributed by atoms with Crippen molar-refractivity contribution in [1.29, 1.82) is 0 Å². The van der Waals surface area contributed by atoms with Crippen molar-refractivity contribution in [2.75, 3.05) is 29.0 Å². The number of aromatic nitrogens is 2. The monoisotopic (exact) mass is 640 g/mol. The van der Waals surface area contributed by atoms with Gasteiger partial charge in [-0.15, -0.1) is 0 Å². The molecule has 2 aliphatic rings. The molecule has 1 saturated heterocycles. The molecule has 2 aromatic heterocycles. The van der Waals surface area contributed by atoms with Gasteiger partial charge in [-0.05, 0) is 58.6 Å². The van der Waals surface area contributed by atoms with Crippen molar-refractivity contribution in [1.82, 2.24) is 15.3 Å². The average molecular weight is 641 g/mol. The topological polar surface area (TPSA) is 149 Å². The number of esters is 1. The minimum absolute atomic E-state index is 0.259. The van der Waals surface area contributed by atoms with Crippen LogP contribution in [0.25, 0.3) is 11.3 Å². The molecule has 1 unspecified atom stereocenters. The van der Waals surface area contributed by atoms with Crippen molar-refractivity contribution in [3.63, 3.8) is 0 Å². The van der Waals surface area contributed by atoms with Crippen LogP contribution in [-0.4, -0.2) is 52.7 Å². The van der Waals surface area contributed by atoms with Crippen molar-refractivity contribution in [2.24, 2.45) is 0 Å². The summed E-state index contributed by atoms with van der Waals surface area (Å²) in [6.07, 6.45) is 2.62. The molecule has 1 aliphatic heterocycles. The van der Waals surface area contributed by atoms with Gasteiger partial charge in [0, 0.05) is 37.7 Å². The SMILES string of the molecule is CC(=O)OC1CCc2c1ncc(NC(=O)c1nc(-c3c(F)cccc3F)c(F)cc1N)c2N1CCC[C@H](NC(=O)OC(C)(C)C)C1. The van der Waals surface area contributed by atoms with E-state index < -0.39 is 64.1 Å². The Morgan fingerprint density at radius 3 is 2.48 bits per heavy atom. The molecule has 0 saturated carbocycles. The van der Waals surface area contributed by atoms with Crippen LogP contribution in [0.4, 0.5) is 35.0 Å². The van der Waals surface area contributed by atoms with Crippen molar-refractivity contribution < 1.29 is 37.0 Å². The molecule has 0 radical (unpaired) electrons. The zero-order valence-electron chi connectivity index (χ0n) is 25.9. The number of benzene rings is 1. The molecule has 4 N–H and O–H groups in total. The molecule has 244 valence electrons. The molecule has 11 nitrogen and oxygen atoms in total. The Morgan fingerprint density at radius 1 is 1.09 bits per heavy atom. The lowest BCUT2D eigenvalue weighted by Crippen LogP contribution is -2.49. The lowest BCUT2D eigenvalue weighted by atomic mass is 10.0. The first-order chi connectivity index (χ1) is 21.7. The Labute approximate surface area is 263 Å². The minimum Gasteiger partial charge on any atom is -0.456 e. The fourth-order valence-electron chi connectivity index (χ4n) is 5.80. The van der Waals surface area contributed by atoms with E-state index in [4.69, 9.17) is 15.2 Å². The number of fused-ring (bicyclic) bond motifs is 1. The van der Waals surface area contributed by atoms with Crippen LogP contribution >= 0.6 is 0 Å². The quantitative estimate of drug-likeness (QED) is 0.300. The van der Waals surface area contributed by atoms with Crippen LogP contribution in [0.2, 0.25) is 0 Å². The van der Waals surface area contributed by atoms with Crippen molar-refractivity contribution in [3.05, 3.63) is 64.9 Å². The number of nitrogen functional groups attached to an aromatic ring is 1. The highest BCUT2D eigenvalue weighted by atomic mass is 19.1. The third kappa shape index (κ3) is 7.00. The number of pyridine rings is 2. The second-order valence-electron chi connectivity index (χ2n) is 12.3. The zero-order chi connectivity index (χ0) is 33.3. The number of amides is 2. The Bertz CT molecular complexity index is 1680. The van der Waals surface area contributed by atoms with Gasteiger partial charge in [-0.2, -0.15) is 0 Å². The number of rotatable bonds is 6. The van der Waals surface area contributed by atoms with E-state index in [0.717, 1.165) is 29.8 Å². The van der Waals surface area contributed by atoms with Crippen molar-refractivity contribution in [3.8, 4) is 11.3 Å². The number of alkyl carbamates (subject to hydrolysis) is 1. The molecule has 14 heteroatoms. The summed E-state index contributed by atoms with van der Waals surface area (Å²) in [6.45, 7) is 7.56. The Kier molecular flexibility index (Phi) is 9.08. The van der Waals surface area contributed by atoms with Gasteiger partial charge in [0.15, 0.2) is 11.5 Å². The fraction of sp³-hybridized carbons (Fsp3) is 0.406. The van der Waals surface area contributed by atoms with E-state index in [1.807, 2.05) is 4.90 Å². The highest BCUT2D eigenvalue weighted by molar-refractivity contribution is 6.08. The standard InChI is InChI=1S/C32H35F3N6O5/c1-16(42)45-24-11-10-18-26(24)37-14-23(29(18)41-12-6-7-17(15-41)38-31(44)46-32(2,3)4)39-30(43)28-22(36)13-21(35)27(40-28)25-19(33)8-5-9-20(25)34/h5,8-9,13-14,17,24H,6-7,10-12,15,36H2,1-4H3,(H,38,44)(H,39,43)/t17-,24?/m0/s1. The molecule has 5 rings (SSSR count). The first-order valence-electron chi connectivity index (χ1n) is 14.9. The van der Waals surface area contributed by atoms with Gasteiger partial charge in [-0.1, -0.05) is 6.07 Å². The van der Waals surface area contributed by atoms with Crippen LogP contribution in [0.1, 0.15) is 74.8 Å². The Hall–Kier alpha value is -4.88. The van der Waals surface area contributed by atoms with Gasteiger partial charge in [0.25, 0.3) is 5.91 Å². The fourth-order valence-corrected chi connectivity index (χ4v) is 5.80. The van der Waals surface area contributed by atoms with Crippen LogP contribution in [-0.2, 0) is 20.7 Å². The molecule has 1 aliphatic carbocycles. The van der Waals surface area contributed by atoms with E-state index in [0.29, 0.717) is 50.2 Å². The highest BCUT2D eigenvalue weighted by Crippen LogP contribution is 2.43. The number of nitrogens with two attached hydrogens (primary N) is 1. The summed E-state index contributed by atoms with van der Waals surface area (Å²) in [6, 6.07) is 3.52. The largest absolute Gasteiger partial charge is 0.456 e. The number of halogens is 3. The van der Waals surface area contributed by atoms with Gasteiger partial charge in [0.2, 0.25) is 0 Å². The second kappa shape index (κ2) is 12.9. The lowest BCUT2D eigenvalue weighted by molar-refractivity contribution is -0.146. The molecule has 2 atom stereocenters. The van der Waals surface area contributed by atoms with E-state index in [2.05, 4.69) is 20.6 Å². The lowest BCUT2D eigenvalue weighted by Gasteiger charge is -2.37. The second-order valence-corrected chi connectivity index (χ2v) is 12.3. The van der Waals surface area contributed by atoms with Gasteiger partial charge >= 0.3 is 12.1 Å². The van der Waals surface area contributed by atoms with Crippen molar-refractivity contribution in [2.45, 2.75) is 71.1 Å². The molecule has 3 aromatic rings. The van der Waals surface area contributed by atoms with Crippen molar-refractivity contribution >= 4 is 35.0 Å². The van der Waals surface area contributed by atoms with Crippen LogP contribution in [0.5, 0.6) is 0 Å². The third-order valence-corrected chi connectivity index (χ3v) is 7.58. The number of ether oxygens (including phenoxy) is 2. The predicted molar refractivity (Wildman–Crippen MR) is 164 cm³/mol. The Morgan fingerprint density at radius 2 is 1.80 bits per heavy atom. The number of carbonyl (C=O) groups is 3. The molecule has 0 bridgehead atoms. The number of nitrogens with zero attached hydrogens (tertiary/aromatic N) is 3. The molecular formula is C32H35F3N6O5. The number of carbonyl (C=O) groups excluding carboxylic acids is 3. The minimum atomic E-state index is -1.11. The van der Waals surface area contributed by atoms with E-state index in [1.165, 1.54) is 13.1 Å². The highest BCUT2D eigenvalue weighted by Gasteiger charge is 2.35. The van der Waals surface area contributed by atoms with E-state index >= 15 is 0 Å². The maximum atomic E-state index is 14.9. The summed E-state index contributed by atoms with van der Waals surface area (Å²) in [5, 5.41) is 5.66. The summed E-state index contributed by atoms with van der Waals surface area (Å²) in [4.78, 5) is 48.4. The number of anilines is 3. The first-order valence-corrected chi connectivity index (χ1v) is 14.9. The molecule has 3 heterocycles. The third-order valence-electron chi connectivity index (χ3n) is 7.58. The number of piperidine rings is 1. The zero-order valence-corrected chi connectivity index (χ0v) is 25.9. The first kappa shape index (κ1) is 32.5. The number of hydrogen-bond acceptors (Lipinski definition) is 9. The molecule has 46 heavy (non-hydrogen) atoms. The molecule has 1 fully saturated rings. The molecule has 1 aromatic carbocycles. The van der Waals surface area contributed by atoms with Gasteiger partial charge in [-0.25, -0.2) is 22.9 Å². The van der Waals surface area contributed by atoms with Crippen LogP contribution in [0, 0.1) is 17.5 Å². The predicted octanol–water partition coefficient (Wildman–Crippen LogP) is 5.44. The maximum absolute atomic E-state index is 14.9. The summed E-state index contributed by atoms with van der Waals surface area (Å²) in [5.74, 6) is -4.55. The summed E-state index contributed by atoms with van der Waals surface area (Å²) >= 11 is 0. The van der Waals surface area contributed by atoms with E-state index in [-0.39, 0.29) is 17.4 Å².